The summed E-state index contributed by atoms with van der Waals surface area (Å²) in [5.41, 5.74) is -0.270. The van der Waals surface area contributed by atoms with Crippen LogP contribution >= 0.6 is 0 Å². The second kappa shape index (κ2) is 6.42. The van der Waals surface area contributed by atoms with Gasteiger partial charge in [-0.05, 0) is 26.7 Å². The van der Waals surface area contributed by atoms with Crippen molar-refractivity contribution in [3.63, 3.8) is 0 Å². The average Bonchev–Trinajstić information content (AvgIpc) is 2.10. The number of rotatable bonds is 6. The minimum Gasteiger partial charge on any atom is -0.481 e. The fraction of sp³-hybridized carbons (Fsp3) is 0.692. The Balaban J connectivity index is 4.53. The Hall–Kier alpha value is -1.32. The fourth-order valence-corrected chi connectivity index (χ4v) is 1.66. The van der Waals surface area contributed by atoms with Gasteiger partial charge in [0.05, 0.1) is 0 Å². The van der Waals surface area contributed by atoms with Crippen LogP contribution in [0.4, 0.5) is 0 Å². The fourth-order valence-electron chi connectivity index (χ4n) is 1.66. The first kappa shape index (κ1) is 15.7. The van der Waals surface area contributed by atoms with E-state index in [1.165, 1.54) is 0 Å². The Kier molecular flexibility index (Phi) is 5.93. The average molecular weight is 241 g/mol. The molecule has 0 aliphatic heterocycles. The molecule has 98 valence electrons. The highest BCUT2D eigenvalue weighted by molar-refractivity contribution is 5.78. The van der Waals surface area contributed by atoms with Crippen LogP contribution in [0.1, 0.15) is 40.5 Å². The van der Waals surface area contributed by atoms with Crippen molar-refractivity contribution in [3.8, 4) is 0 Å². The zero-order valence-electron chi connectivity index (χ0n) is 11.2. The topological polar surface area (TPSA) is 57.6 Å². The van der Waals surface area contributed by atoms with Crippen molar-refractivity contribution in [2.75, 3.05) is 6.54 Å². The van der Waals surface area contributed by atoms with Gasteiger partial charge in [0.2, 0.25) is 5.91 Å². The summed E-state index contributed by atoms with van der Waals surface area (Å²) in [4.78, 5) is 24.3. The standard InChI is InChI=1S/C13H23NO3/c1-6-7-14(13(3,4)5)11(15)8-10(2)9-12(16)17/h6,10H,1,7-9H2,2-5H3,(H,16,17). The maximum atomic E-state index is 12.1. The van der Waals surface area contributed by atoms with E-state index < -0.39 is 5.97 Å². The lowest BCUT2D eigenvalue weighted by Gasteiger charge is -2.35. The smallest absolute Gasteiger partial charge is 0.303 e. The zero-order chi connectivity index (χ0) is 13.6. The number of hydrogen-bond donors (Lipinski definition) is 1. The van der Waals surface area contributed by atoms with E-state index in [2.05, 4.69) is 6.58 Å². The number of carboxylic acids is 1. The molecule has 0 radical (unpaired) electrons. The van der Waals surface area contributed by atoms with Crippen LogP contribution in [-0.4, -0.2) is 34.0 Å². The molecule has 0 rings (SSSR count). The monoisotopic (exact) mass is 241 g/mol. The SMILES string of the molecule is C=CCN(C(=O)CC(C)CC(=O)O)C(C)(C)C. The molecule has 0 aromatic rings. The minimum absolute atomic E-state index is 0.0221. The molecule has 1 unspecified atom stereocenters. The third-order valence-electron chi connectivity index (χ3n) is 2.47. The molecule has 1 amide bonds. The van der Waals surface area contributed by atoms with Crippen LogP contribution in [0.2, 0.25) is 0 Å². The van der Waals surface area contributed by atoms with Gasteiger partial charge < -0.3 is 10.0 Å². The first-order valence-electron chi connectivity index (χ1n) is 5.81. The Morgan fingerprint density at radius 3 is 2.24 bits per heavy atom. The molecule has 0 saturated heterocycles. The van der Waals surface area contributed by atoms with Crippen molar-refractivity contribution in [2.45, 2.75) is 46.1 Å². The highest BCUT2D eigenvalue weighted by Gasteiger charge is 2.26. The minimum atomic E-state index is -0.865. The normalized spacial score (nSPS) is 12.9. The van der Waals surface area contributed by atoms with Crippen LogP contribution in [0.15, 0.2) is 12.7 Å². The number of hydrogen-bond acceptors (Lipinski definition) is 2. The predicted molar refractivity (Wildman–Crippen MR) is 67.7 cm³/mol. The van der Waals surface area contributed by atoms with Crippen molar-refractivity contribution in [1.82, 2.24) is 4.90 Å². The summed E-state index contributed by atoms with van der Waals surface area (Å²) in [6.07, 6.45) is 1.97. The Bertz CT molecular complexity index is 292. The van der Waals surface area contributed by atoms with Crippen molar-refractivity contribution in [2.24, 2.45) is 5.92 Å². The molecule has 0 aliphatic rings. The molecular weight excluding hydrogens is 218 g/mol. The van der Waals surface area contributed by atoms with E-state index in [1.54, 1.807) is 17.9 Å². The number of nitrogens with zero attached hydrogens (tertiary/aromatic N) is 1. The van der Waals surface area contributed by atoms with Gasteiger partial charge in [-0.3, -0.25) is 9.59 Å². The Morgan fingerprint density at radius 2 is 1.88 bits per heavy atom. The maximum Gasteiger partial charge on any atom is 0.303 e. The molecule has 1 N–H and O–H groups in total. The van der Waals surface area contributed by atoms with E-state index in [0.717, 1.165) is 0 Å². The Labute approximate surface area is 103 Å². The van der Waals surface area contributed by atoms with Gasteiger partial charge in [0.25, 0.3) is 0 Å². The quantitative estimate of drug-likeness (QED) is 0.726. The lowest BCUT2D eigenvalue weighted by Crippen LogP contribution is -2.46. The second-order valence-electron chi connectivity index (χ2n) is 5.37. The molecule has 4 heteroatoms. The van der Waals surface area contributed by atoms with E-state index in [-0.39, 0.29) is 30.2 Å². The first-order chi connectivity index (χ1) is 7.68. The molecule has 0 heterocycles. The van der Waals surface area contributed by atoms with Crippen molar-refractivity contribution >= 4 is 11.9 Å². The van der Waals surface area contributed by atoms with E-state index in [4.69, 9.17) is 5.11 Å². The number of aliphatic carboxylic acids is 1. The molecular formula is C13H23NO3. The molecule has 0 saturated carbocycles. The van der Waals surface area contributed by atoms with Crippen LogP contribution in [0.3, 0.4) is 0 Å². The molecule has 0 fully saturated rings. The van der Waals surface area contributed by atoms with Crippen LogP contribution in [0.25, 0.3) is 0 Å². The van der Waals surface area contributed by atoms with Crippen molar-refractivity contribution in [3.05, 3.63) is 12.7 Å². The number of carbonyl (C=O) groups is 2. The van der Waals surface area contributed by atoms with Gasteiger partial charge in [-0.1, -0.05) is 13.0 Å². The molecule has 0 aliphatic carbocycles. The second-order valence-corrected chi connectivity index (χ2v) is 5.37. The lowest BCUT2D eigenvalue weighted by molar-refractivity contribution is -0.139. The van der Waals surface area contributed by atoms with Gasteiger partial charge in [0.15, 0.2) is 0 Å². The highest BCUT2D eigenvalue weighted by Crippen LogP contribution is 2.18. The molecule has 0 spiro atoms. The summed E-state index contributed by atoms with van der Waals surface area (Å²) >= 11 is 0. The molecule has 1 atom stereocenters. The molecule has 0 bridgehead atoms. The third kappa shape index (κ3) is 6.09. The van der Waals surface area contributed by atoms with Gasteiger partial charge in [0, 0.05) is 24.9 Å². The van der Waals surface area contributed by atoms with Crippen LogP contribution < -0.4 is 0 Å². The first-order valence-corrected chi connectivity index (χ1v) is 5.81. The number of carbonyl (C=O) groups excluding carboxylic acids is 1. The summed E-state index contributed by atoms with van der Waals surface area (Å²) in [6.45, 7) is 11.8. The predicted octanol–water partition coefficient (Wildman–Crippen LogP) is 2.30. The summed E-state index contributed by atoms with van der Waals surface area (Å²) in [7, 11) is 0. The maximum absolute atomic E-state index is 12.1. The zero-order valence-corrected chi connectivity index (χ0v) is 11.2. The Morgan fingerprint density at radius 1 is 1.35 bits per heavy atom. The largest absolute Gasteiger partial charge is 0.481 e. The summed E-state index contributed by atoms with van der Waals surface area (Å²) in [6, 6.07) is 0. The van der Waals surface area contributed by atoms with E-state index in [0.29, 0.717) is 6.54 Å². The van der Waals surface area contributed by atoms with E-state index in [1.807, 2.05) is 20.8 Å². The van der Waals surface area contributed by atoms with E-state index >= 15 is 0 Å². The molecule has 0 aromatic heterocycles. The van der Waals surface area contributed by atoms with Crippen LogP contribution in [0, 0.1) is 5.92 Å². The van der Waals surface area contributed by atoms with Crippen LogP contribution in [-0.2, 0) is 9.59 Å². The van der Waals surface area contributed by atoms with Crippen molar-refractivity contribution < 1.29 is 14.7 Å². The van der Waals surface area contributed by atoms with Gasteiger partial charge in [0.1, 0.15) is 0 Å². The highest BCUT2D eigenvalue weighted by atomic mass is 16.4. The summed E-state index contributed by atoms with van der Waals surface area (Å²) in [5.74, 6) is -1.03. The van der Waals surface area contributed by atoms with Gasteiger partial charge in [-0.25, -0.2) is 0 Å². The summed E-state index contributed by atoms with van der Waals surface area (Å²) in [5, 5.41) is 8.66. The van der Waals surface area contributed by atoms with Gasteiger partial charge in [-0.2, -0.15) is 0 Å². The molecule has 0 aromatic carbocycles. The lowest BCUT2D eigenvalue weighted by atomic mass is 10.00. The molecule has 17 heavy (non-hydrogen) atoms. The van der Waals surface area contributed by atoms with Crippen molar-refractivity contribution in [1.29, 1.82) is 0 Å². The van der Waals surface area contributed by atoms with Gasteiger partial charge >= 0.3 is 5.97 Å². The van der Waals surface area contributed by atoms with Crippen LogP contribution in [0.5, 0.6) is 0 Å². The number of carboxylic acid groups (broad SMARTS) is 1. The van der Waals surface area contributed by atoms with Gasteiger partial charge in [-0.15, -0.1) is 6.58 Å². The number of amides is 1. The molecule has 4 nitrogen and oxygen atoms in total. The third-order valence-corrected chi connectivity index (χ3v) is 2.47. The summed E-state index contributed by atoms with van der Waals surface area (Å²) < 4.78 is 0. The van der Waals surface area contributed by atoms with E-state index in [9.17, 15) is 9.59 Å².